The molecule has 2 aromatic heterocycles. The molecule has 2 heterocycles. The van der Waals surface area contributed by atoms with Crippen molar-refractivity contribution >= 4 is 21.6 Å². The summed E-state index contributed by atoms with van der Waals surface area (Å²) in [5, 5.41) is 3.54. The summed E-state index contributed by atoms with van der Waals surface area (Å²) in [6.07, 6.45) is 5.32. The van der Waals surface area contributed by atoms with Crippen LogP contribution in [-0.2, 0) is 6.54 Å². The van der Waals surface area contributed by atoms with Crippen LogP contribution in [0.2, 0.25) is 0 Å². The second kappa shape index (κ2) is 3.86. The molecule has 0 amide bonds. The predicted octanol–water partition coefficient (Wildman–Crippen LogP) is 2.59. The minimum absolute atomic E-state index is 0.706. The van der Waals surface area contributed by atoms with Gasteiger partial charge >= 0.3 is 0 Å². The number of pyridine rings is 1. The van der Waals surface area contributed by atoms with Gasteiger partial charge in [0.1, 0.15) is 5.65 Å². The molecule has 0 aromatic carbocycles. The molecule has 16 heavy (non-hydrogen) atoms. The van der Waals surface area contributed by atoms with Crippen molar-refractivity contribution < 1.29 is 0 Å². The Hall–Kier alpha value is -0.870. The van der Waals surface area contributed by atoms with Gasteiger partial charge in [-0.3, -0.25) is 0 Å². The molecule has 0 saturated heterocycles. The number of rotatable bonds is 3. The summed E-state index contributed by atoms with van der Waals surface area (Å²) in [6, 6.07) is 4.74. The van der Waals surface area contributed by atoms with Crippen LogP contribution >= 0.6 is 15.9 Å². The predicted molar refractivity (Wildman–Crippen MR) is 67.3 cm³/mol. The van der Waals surface area contributed by atoms with Gasteiger partial charge in [-0.1, -0.05) is 6.92 Å². The molecule has 4 heteroatoms. The Kier molecular flexibility index (Phi) is 2.48. The van der Waals surface area contributed by atoms with Crippen molar-refractivity contribution in [3.8, 4) is 0 Å². The van der Waals surface area contributed by atoms with Gasteiger partial charge < -0.3 is 9.72 Å². The molecule has 2 unspecified atom stereocenters. The molecule has 1 N–H and O–H groups in total. The van der Waals surface area contributed by atoms with Crippen molar-refractivity contribution in [2.45, 2.75) is 25.9 Å². The van der Waals surface area contributed by atoms with Gasteiger partial charge in [-0.15, -0.1) is 0 Å². The first kappa shape index (κ1) is 10.3. The first-order valence-corrected chi connectivity index (χ1v) is 6.38. The lowest BCUT2D eigenvalue weighted by Gasteiger charge is -2.03. The van der Waals surface area contributed by atoms with Gasteiger partial charge in [0.2, 0.25) is 0 Å². The van der Waals surface area contributed by atoms with Crippen molar-refractivity contribution in [3.05, 3.63) is 34.7 Å². The molecule has 0 radical (unpaired) electrons. The number of imidazole rings is 1. The Bertz CT molecular complexity index is 520. The zero-order valence-corrected chi connectivity index (χ0v) is 10.7. The summed E-state index contributed by atoms with van der Waals surface area (Å²) in [5.74, 6) is 0.839. The van der Waals surface area contributed by atoms with Crippen molar-refractivity contribution in [3.63, 3.8) is 0 Å². The van der Waals surface area contributed by atoms with Crippen LogP contribution < -0.4 is 5.32 Å². The Morgan fingerprint density at radius 1 is 1.56 bits per heavy atom. The average molecular weight is 280 g/mol. The molecule has 0 spiro atoms. The van der Waals surface area contributed by atoms with Gasteiger partial charge in [-0.2, -0.15) is 0 Å². The second-order valence-corrected chi connectivity index (χ2v) is 5.44. The molecule has 1 aliphatic rings. The topological polar surface area (TPSA) is 29.3 Å². The van der Waals surface area contributed by atoms with Crippen LogP contribution in [0.25, 0.3) is 5.65 Å². The zero-order valence-electron chi connectivity index (χ0n) is 9.15. The Morgan fingerprint density at radius 2 is 2.38 bits per heavy atom. The van der Waals surface area contributed by atoms with E-state index in [0.29, 0.717) is 6.04 Å². The third-order valence-electron chi connectivity index (χ3n) is 3.20. The minimum atomic E-state index is 0.706. The van der Waals surface area contributed by atoms with Crippen molar-refractivity contribution in [2.75, 3.05) is 0 Å². The van der Waals surface area contributed by atoms with E-state index in [1.807, 2.05) is 18.3 Å². The maximum Gasteiger partial charge on any atom is 0.136 e. The number of hydrogen-bond donors (Lipinski definition) is 1. The fourth-order valence-corrected chi connectivity index (χ4v) is 2.31. The lowest BCUT2D eigenvalue weighted by molar-refractivity contribution is 0.639. The quantitative estimate of drug-likeness (QED) is 0.936. The molecule has 1 saturated carbocycles. The summed E-state index contributed by atoms with van der Waals surface area (Å²) in [6.45, 7) is 3.18. The van der Waals surface area contributed by atoms with Crippen molar-refractivity contribution in [1.29, 1.82) is 0 Å². The first-order chi connectivity index (χ1) is 7.74. The minimum Gasteiger partial charge on any atom is -0.308 e. The van der Waals surface area contributed by atoms with Gasteiger partial charge in [-0.05, 0) is 40.4 Å². The highest BCUT2D eigenvalue weighted by molar-refractivity contribution is 9.10. The number of fused-ring (bicyclic) bond motifs is 1. The number of nitrogens with one attached hydrogen (secondary N) is 1. The standard InChI is InChI=1S/C12H14BrN3/c1-8-4-11(8)14-5-10-6-15-12-3-2-9(13)7-16(10)12/h2-3,6-8,11,14H,4-5H2,1H3. The fourth-order valence-electron chi connectivity index (χ4n) is 1.98. The van der Waals surface area contributed by atoms with E-state index in [1.54, 1.807) is 0 Å². The van der Waals surface area contributed by atoms with Crippen LogP contribution in [-0.4, -0.2) is 15.4 Å². The molecule has 2 aromatic rings. The fraction of sp³-hybridized carbons (Fsp3) is 0.417. The lowest BCUT2D eigenvalue weighted by atomic mass is 10.4. The summed E-state index contributed by atoms with van der Waals surface area (Å²) in [4.78, 5) is 4.38. The summed E-state index contributed by atoms with van der Waals surface area (Å²) >= 11 is 3.48. The van der Waals surface area contributed by atoms with E-state index in [-0.39, 0.29) is 0 Å². The van der Waals surface area contributed by atoms with Crippen LogP contribution in [0.15, 0.2) is 29.0 Å². The number of aromatic nitrogens is 2. The second-order valence-electron chi connectivity index (χ2n) is 4.53. The Balaban J connectivity index is 1.83. The van der Waals surface area contributed by atoms with E-state index in [9.17, 15) is 0 Å². The van der Waals surface area contributed by atoms with Crippen LogP contribution in [0.4, 0.5) is 0 Å². The third kappa shape index (κ3) is 1.87. The molecule has 1 fully saturated rings. The van der Waals surface area contributed by atoms with Gasteiger partial charge in [-0.25, -0.2) is 4.98 Å². The molecular weight excluding hydrogens is 266 g/mol. The molecule has 0 bridgehead atoms. The maximum absolute atomic E-state index is 4.38. The van der Waals surface area contributed by atoms with Crippen LogP contribution in [0, 0.1) is 5.92 Å². The zero-order chi connectivity index (χ0) is 11.1. The first-order valence-electron chi connectivity index (χ1n) is 5.59. The van der Waals surface area contributed by atoms with Crippen molar-refractivity contribution in [2.24, 2.45) is 5.92 Å². The molecule has 3 rings (SSSR count). The Morgan fingerprint density at radius 3 is 3.12 bits per heavy atom. The molecule has 1 aliphatic carbocycles. The smallest absolute Gasteiger partial charge is 0.136 e. The van der Waals surface area contributed by atoms with Gasteiger partial charge in [0.05, 0.1) is 11.9 Å². The number of halogens is 1. The van der Waals surface area contributed by atoms with E-state index >= 15 is 0 Å². The van der Waals surface area contributed by atoms with Gasteiger partial charge in [0, 0.05) is 23.3 Å². The number of hydrogen-bond acceptors (Lipinski definition) is 2. The van der Waals surface area contributed by atoms with Crippen molar-refractivity contribution in [1.82, 2.24) is 14.7 Å². The highest BCUT2D eigenvalue weighted by atomic mass is 79.9. The van der Waals surface area contributed by atoms with E-state index in [1.165, 1.54) is 12.1 Å². The van der Waals surface area contributed by atoms with E-state index < -0.39 is 0 Å². The average Bonchev–Trinajstić information content (AvgIpc) is 2.83. The highest BCUT2D eigenvalue weighted by Gasteiger charge is 2.31. The number of nitrogens with zero attached hydrogens (tertiary/aromatic N) is 2. The molecule has 3 nitrogen and oxygen atoms in total. The van der Waals surface area contributed by atoms with Crippen LogP contribution in [0.3, 0.4) is 0 Å². The van der Waals surface area contributed by atoms with E-state index in [4.69, 9.17) is 0 Å². The van der Waals surface area contributed by atoms with E-state index in [2.05, 4.69) is 43.8 Å². The maximum atomic E-state index is 4.38. The SMILES string of the molecule is CC1CC1NCc1cnc2ccc(Br)cn12. The van der Waals surface area contributed by atoms with E-state index in [0.717, 1.165) is 22.6 Å². The Labute approximate surface area is 103 Å². The summed E-state index contributed by atoms with van der Waals surface area (Å²) < 4.78 is 3.21. The normalized spacial score (nSPS) is 23.9. The summed E-state index contributed by atoms with van der Waals surface area (Å²) in [7, 11) is 0. The molecule has 0 aliphatic heterocycles. The van der Waals surface area contributed by atoms with Crippen LogP contribution in [0.1, 0.15) is 19.0 Å². The van der Waals surface area contributed by atoms with Gasteiger partial charge in [0.25, 0.3) is 0 Å². The van der Waals surface area contributed by atoms with Gasteiger partial charge in [0.15, 0.2) is 0 Å². The molecular formula is C12H14BrN3. The summed E-state index contributed by atoms with van der Waals surface area (Å²) in [5.41, 5.74) is 2.22. The monoisotopic (exact) mass is 279 g/mol. The highest BCUT2D eigenvalue weighted by Crippen LogP contribution is 2.29. The van der Waals surface area contributed by atoms with Crippen LogP contribution in [0.5, 0.6) is 0 Å². The lowest BCUT2D eigenvalue weighted by Crippen LogP contribution is -2.18. The molecule has 84 valence electrons. The molecule has 2 atom stereocenters. The third-order valence-corrected chi connectivity index (χ3v) is 3.67. The largest absolute Gasteiger partial charge is 0.308 e.